The number of carbonyl (C=O) groups is 1. The molecule has 0 spiro atoms. The monoisotopic (exact) mass is 493 g/mol. The second-order valence-electron chi connectivity index (χ2n) is 8.41. The Kier molecular flexibility index (Phi) is 7.02. The third-order valence-electron chi connectivity index (χ3n) is 5.82. The number of nitrogens with one attached hydrogen (secondary N) is 1. The molecule has 10 heteroatoms. The molecular weight excluding hydrogens is 466 g/mol. The summed E-state index contributed by atoms with van der Waals surface area (Å²) in [5.74, 6) is 0.427. The molecule has 1 saturated heterocycles. The molecule has 2 aromatic carbocycles. The number of halogens is 1. The highest BCUT2D eigenvalue weighted by Crippen LogP contribution is 2.32. The Morgan fingerprint density at radius 3 is 2.33 bits per heavy atom. The molecule has 8 nitrogen and oxygen atoms in total. The Morgan fingerprint density at radius 1 is 1.00 bits per heavy atom. The fourth-order valence-corrected chi connectivity index (χ4v) is 5.58. The molecule has 33 heavy (non-hydrogen) atoms. The number of piperazine rings is 1. The van der Waals surface area contributed by atoms with Gasteiger partial charge >= 0.3 is 0 Å². The van der Waals surface area contributed by atoms with Crippen molar-refractivity contribution in [1.82, 2.24) is 9.62 Å². The zero-order valence-corrected chi connectivity index (χ0v) is 20.2. The number of ether oxygens (including phenoxy) is 2. The van der Waals surface area contributed by atoms with E-state index in [1.54, 1.807) is 11.0 Å². The van der Waals surface area contributed by atoms with Gasteiger partial charge in [-0.15, -0.1) is 0 Å². The largest absolute Gasteiger partial charge is 0.486 e. The van der Waals surface area contributed by atoms with E-state index in [2.05, 4.69) is 9.62 Å². The van der Waals surface area contributed by atoms with Gasteiger partial charge in [0.25, 0.3) is 0 Å². The molecule has 1 atom stereocenters. The summed E-state index contributed by atoms with van der Waals surface area (Å²) < 4.78 is 39.8. The van der Waals surface area contributed by atoms with Crippen molar-refractivity contribution in [3.63, 3.8) is 0 Å². The minimum Gasteiger partial charge on any atom is -0.486 e. The van der Waals surface area contributed by atoms with Crippen molar-refractivity contribution < 1.29 is 22.7 Å². The first kappa shape index (κ1) is 23.7. The topological polar surface area (TPSA) is 88.2 Å². The second kappa shape index (κ2) is 9.79. The van der Waals surface area contributed by atoms with Crippen LogP contribution in [0, 0.1) is 5.92 Å². The predicted molar refractivity (Wildman–Crippen MR) is 127 cm³/mol. The average Bonchev–Trinajstić information content (AvgIpc) is 2.82. The van der Waals surface area contributed by atoms with Gasteiger partial charge in [-0.2, -0.15) is 4.72 Å². The third kappa shape index (κ3) is 5.20. The lowest BCUT2D eigenvalue weighted by molar-refractivity contribution is -0.134. The third-order valence-corrected chi connectivity index (χ3v) is 7.58. The number of rotatable bonds is 6. The van der Waals surface area contributed by atoms with Crippen molar-refractivity contribution in [2.45, 2.75) is 24.8 Å². The van der Waals surface area contributed by atoms with E-state index in [-0.39, 0.29) is 16.7 Å². The highest BCUT2D eigenvalue weighted by molar-refractivity contribution is 7.89. The average molecular weight is 494 g/mol. The Balaban J connectivity index is 1.45. The molecule has 0 aromatic heterocycles. The first-order valence-electron chi connectivity index (χ1n) is 11.0. The fourth-order valence-electron chi connectivity index (χ4n) is 3.97. The smallest absolute Gasteiger partial charge is 0.241 e. The number of para-hydroxylation sites is 1. The molecule has 2 aliphatic rings. The van der Waals surface area contributed by atoms with Crippen molar-refractivity contribution in [2.75, 3.05) is 44.3 Å². The van der Waals surface area contributed by atoms with Crippen molar-refractivity contribution in [2.24, 2.45) is 5.92 Å². The van der Waals surface area contributed by atoms with E-state index in [0.717, 1.165) is 5.69 Å². The molecule has 2 aliphatic heterocycles. The standard InChI is InChI=1S/C23H28ClN3O5S/c1-16(2)22(25-33(29,30)17-7-8-20-21(15-17)32-14-13-31-20)23(28)27-11-9-26(10-12-27)19-6-4-3-5-18(19)24/h3-8,15-16,22,25H,9-14H2,1-2H3/t22-/m0/s1. The Labute approximate surface area is 199 Å². The van der Waals surface area contributed by atoms with E-state index in [1.807, 2.05) is 38.1 Å². The van der Waals surface area contributed by atoms with Crippen LogP contribution in [-0.2, 0) is 14.8 Å². The molecule has 0 bridgehead atoms. The lowest BCUT2D eigenvalue weighted by atomic mass is 10.0. The fraction of sp³-hybridized carbons (Fsp3) is 0.435. The van der Waals surface area contributed by atoms with Crippen LogP contribution in [0.5, 0.6) is 11.5 Å². The molecule has 2 heterocycles. The second-order valence-corrected chi connectivity index (χ2v) is 10.5. The van der Waals surface area contributed by atoms with Gasteiger partial charge in [-0.1, -0.05) is 37.6 Å². The van der Waals surface area contributed by atoms with E-state index < -0.39 is 16.1 Å². The van der Waals surface area contributed by atoms with Crippen LogP contribution >= 0.6 is 11.6 Å². The van der Waals surface area contributed by atoms with Crippen LogP contribution < -0.4 is 19.1 Å². The van der Waals surface area contributed by atoms with Crippen LogP contribution in [0.4, 0.5) is 5.69 Å². The van der Waals surface area contributed by atoms with E-state index in [4.69, 9.17) is 21.1 Å². The van der Waals surface area contributed by atoms with Crippen LogP contribution in [0.25, 0.3) is 0 Å². The van der Waals surface area contributed by atoms with Crippen LogP contribution in [0.2, 0.25) is 5.02 Å². The highest BCUT2D eigenvalue weighted by Gasteiger charge is 2.33. The van der Waals surface area contributed by atoms with E-state index in [0.29, 0.717) is 55.9 Å². The molecule has 1 fully saturated rings. The van der Waals surface area contributed by atoms with Gasteiger partial charge in [0.05, 0.1) is 15.6 Å². The molecule has 178 valence electrons. The Morgan fingerprint density at radius 2 is 1.67 bits per heavy atom. The summed E-state index contributed by atoms with van der Waals surface area (Å²) in [6, 6.07) is 11.2. The van der Waals surface area contributed by atoms with Crippen molar-refractivity contribution in [1.29, 1.82) is 0 Å². The lowest BCUT2D eigenvalue weighted by Gasteiger charge is -2.38. The number of hydrogen-bond donors (Lipinski definition) is 1. The number of benzene rings is 2. The lowest BCUT2D eigenvalue weighted by Crippen LogP contribution is -2.56. The molecule has 0 radical (unpaired) electrons. The zero-order chi connectivity index (χ0) is 23.6. The highest BCUT2D eigenvalue weighted by atomic mass is 35.5. The SMILES string of the molecule is CC(C)[C@H](NS(=O)(=O)c1ccc2c(c1)OCCO2)C(=O)N1CCN(c2ccccc2Cl)CC1. The number of fused-ring (bicyclic) bond motifs is 1. The number of amides is 1. The van der Waals surface area contributed by atoms with E-state index in [1.165, 1.54) is 12.1 Å². The van der Waals surface area contributed by atoms with Crippen molar-refractivity contribution in [3.05, 3.63) is 47.5 Å². The van der Waals surface area contributed by atoms with Gasteiger partial charge in [-0.25, -0.2) is 8.42 Å². The van der Waals surface area contributed by atoms with Crippen LogP contribution in [-0.4, -0.2) is 64.7 Å². The summed E-state index contributed by atoms with van der Waals surface area (Å²) in [4.78, 5) is 17.2. The van der Waals surface area contributed by atoms with Gasteiger partial charge in [0.15, 0.2) is 11.5 Å². The maximum Gasteiger partial charge on any atom is 0.241 e. The minimum absolute atomic E-state index is 0.0359. The number of nitrogens with zero attached hydrogens (tertiary/aromatic N) is 2. The zero-order valence-electron chi connectivity index (χ0n) is 18.7. The van der Waals surface area contributed by atoms with Crippen LogP contribution in [0.15, 0.2) is 47.4 Å². The number of anilines is 1. The minimum atomic E-state index is -3.94. The molecular formula is C23H28ClN3O5S. The van der Waals surface area contributed by atoms with E-state index >= 15 is 0 Å². The molecule has 0 unspecified atom stereocenters. The van der Waals surface area contributed by atoms with Gasteiger partial charge < -0.3 is 19.3 Å². The first-order valence-corrected chi connectivity index (χ1v) is 12.8. The maximum absolute atomic E-state index is 13.3. The molecule has 2 aromatic rings. The Hall–Kier alpha value is -2.49. The van der Waals surface area contributed by atoms with Gasteiger partial charge in [0.2, 0.25) is 15.9 Å². The summed E-state index contributed by atoms with van der Waals surface area (Å²) >= 11 is 6.31. The van der Waals surface area contributed by atoms with Crippen molar-refractivity contribution >= 4 is 33.2 Å². The summed E-state index contributed by atoms with van der Waals surface area (Å²) in [6.07, 6.45) is 0. The molecule has 0 saturated carbocycles. The van der Waals surface area contributed by atoms with Gasteiger partial charge in [-0.05, 0) is 30.2 Å². The molecule has 0 aliphatic carbocycles. The summed E-state index contributed by atoms with van der Waals surface area (Å²) in [5, 5.41) is 0.671. The number of sulfonamides is 1. The van der Waals surface area contributed by atoms with Gasteiger partial charge in [-0.3, -0.25) is 4.79 Å². The van der Waals surface area contributed by atoms with Crippen molar-refractivity contribution in [3.8, 4) is 11.5 Å². The number of hydrogen-bond acceptors (Lipinski definition) is 6. The van der Waals surface area contributed by atoms with Crippen LogP contribution in [0.1, 0.15) is 13.8 Å². The summed E-state index contributed by atoms with van der Waals surface area (Å²) in [6.45, 7) is 6.65. The quantitative estimate of drug-likeness (QED) is 0.665. The Bertz CT molecular complexity index is 1120. The predicted octanol–water partition coefficient (Wildman–Crippen LogP) is 2.76. The van der Waals surface area contributed by atoms with E-state index in [9.17, 15) is 13.2 Å². The van der Waals surface area contributed by atoms with Gasteiger partial charge in [0, 0.05) is 32.2 Å². The summed E-state index contributed by atoms with van der Waals surface area (Å²) in [7, 11) is -3.94. The number of carbonyl (C=O) groups excluding carboxylic acids is 1. The normalized spacial score (nSPS) is 17.2. The maximum atomic E-state index is 13.3. The summed E-state index contributed by atoms with van der Waals surface area (Å²) in [5.41, 5.74) is 0.936. The van der Waals surface area contributed by atoms with Gasteiger partial charge in [0.1, 0.15) is 19.3 Å². The molecule has 1 N–H and O–H groups in total. The molecule has 1 amide bonds. The van der Waals surface area contributed by atoms with Crippen LogP contribution in [0.3, 0.4) is 0 Å². The molecule has 4 rings (SSSR count). The first-order chi connectivity index (χ1) is 15.8.